The molecule has 17 heavy (non-hydrogen) atoms. The Labute approximate surface area is 93.9 Å². The third-order valence-corrected chi connectivity index (χ3v) is 2.34. The predicted octanol–water partition coefficient (Wildman–Crippen LogP) is 0.213. The van der Waals surface area contributed by atoms with Crippen molar-refractivity contribution < 1.29 is 9.90 Å². The smallest absolute Gasteiger partial charge is 0.354 e. The van der Waals surface area contributed by atoms with Crippen molar-refractivity contribution in [1.82, 2.24) is 30.0 Å². The van der Waals surface area contributed by atoms with Crippen LogP contribution in [0.1, 0.15) is 10.5 Å². The molecule has 3 aromatic rings. The van der Waals surface area contributed by atoms with Gasteiger partial charge in [-0.15, -0.1) is 10.2 Å². The van der Waals surface area contributed by atoms with Crippen molar-refractivity contribution >= 4 is 11.6 Å². The molecule has 0 saturated heterocycles. The average molecular weight is 230 g/mol. The zero-order valence-electron chi connectivity index (χ0n) is 8.40. The van der Waals surface area contributed by atoms with E-state index in [2.05, 4.69) is 25.6 Å². The number of pyridine rings is 1. The van der Waals surface area contributed by atoms with Crippen molar-refractivity contribution in [3.63, 3.8) is 0 Å². The molecule has 0 atom stereocenters. The fourth-order valence-electron chi connectivity index (χ4n) is 1.56. The minimum Gasteiger partial charge on any atom is -0.477 e. The monoisotopic (exact) mass is 230 g/mol. The molecule has 0 bridgehead atoms. The second-order valence-corrected chi connectivity index (χ2v) is 3.33. The van der Waals surface area contributed by atoms with Crippen LogP contribution < -0.4 is 0 Å². The van der Waals surface area contributed by atoms with Crippen LogP contribution in [0.5, 0.6) is 0 Å². The molecule has 0 aliphatic heterocycles. The number of hydrogen-bond acceptors (Lipinski definition) is 5. The fraction of sp³-hybridized carbons (Fsp3) is 0. The summed E-state index contributed by atoms with van der Waals surface area (Å²) in [6, 6.07) is 3.39. The van der Waals surface area contributed by atoms with E-state index < -0.39 is 5.97 Å². The van der Waals surface area contributed by atoms with Gasteiger partial charge in [0.15, 0.2) is 5.69 Å². The van der Waals surface area contributed by atoms with Gasteiger partial charge in [0.25, 0.3) is 0 Å². The van der Waals surface area contributed by atoms with E-state index in [1.807, 2.05) is 0 Å². The molecule has 2 N–H and O–H groups in total. The molecule has 0 spiro atoms. The minimum atomic E-state index is -1.02. The van der Waals surface area contributed by atoms with Crippen molar-refractivity contribution in [2.75, 3.05) is 0 Å². The first kappa shape index (κ1) is 9.46. The highest BCUT2D eigenvalue weighted by Gasteiger charge is 2.11. The normalized spacial score (nSPS) is 10.8. The summed E-state index contributed by atoms with van der Waals surface area (Å²) < 4.78 is 1.48. The number of aromatic nitrogens is 6. The first-order valence-corrected chi connectivity index (χ1v) is 4.70. The lowest BCUT2D eigenvalue weighted by molar-refractivity contribution is 0.0689. The van der Waals surface area contributed by atoms with Crippen LogP contribution in [0.2, 0.25) is 0 Å². The van der Waals surface area contributed by atoms with Gasteiger partial charge in [0, 0.05) is 11.8 Å². The number of tetrazole rings is 1. The number of carbonyl (C=O) groups is 1. The first-order chi connectivity index (χ1) is 8.25. The number of fused-ring (bicyclic) bond motifs is 1. The maximum atomic E-state index is 10.9. The summed E-state index contributed by atoms with van der Waals surface area (Å²) >= 11 is 0. The second-order valence-electron chi connectivity index (χ2n) is 3.33. The molecule has 8 heteroatoms. The molecule has 3 heterocycles. The second kappa shape index (κ2) is 3.37. The summed E-state index contributed by atoms with van der Waals surface area (Å²) in [5.41, 5.74) is 1.35. The van der Waals surface area contributed by atoms with Gasteiger partial charge in [0.1, 0.15) is 5.65 Å². The quantitative estimate of drug-likeness (QED) is 0.651. The topological polar surface area (TPSA) is 109 Å². The van der Waals surface area contributed by atoms with Crippen LogP contribution in [0.4, 0.5) is 0 Å². The van der Waals surface area contributed by atoms with Crippen molar-refractivity contribution in [1.29, 1.82) is 0 Å². The third-order valence-electron chi connectivity index (χ3n) is 2.34. The summed E-state index contributed by atoms with van der Waals surface area (Å²) in [6.45, 7) is 0. The van der Waals surface area contributed by atoms with E-state index in [9.17, 15) is 4.79 Å². The van der Waals surface area contributed by atoms with Gasteiger partial charge in [-0.25, -0.2) is 9.78 Å². The zero-order chi connectivity index (χ0) is 11.8. The first-order valence-electron chi connectivity index (χ1n) is 4.70. The highest BCUT2D eigenvalue weighted by molar-refractivity contribution is 5.86. The third kappa shape index (κ3) is 1.42. The largest absolute Gasteiger partial charge is 0.477 e. The van der Waals surface area contributed by atoms with Gasteiger partial charge in [0.05, 0.1) is 6.20 Å². The van der Waals surface area contributed by atoms with Gasteiger partial charge in [-0.05, 0) is 17.3 Å². The van der Waals surface area contributed by atoms with Crippen LogP contribution >= 0.6 is 0 Å². The Kier molecular flexibility index (Phi) is 1.87. The van der Waals surface area contributed by atoms with Gasteiger partial charge in [0.2, 0.25) is 5.82 Å². The van der Waals surface area contributed by atoms with E-state index in [0.29, 0.717) is 17.0 Å². The van der Waals surface area contributed by atoms with Crippen LogP contribution in [0.15, 0.2) is 24.5 Å². The number of nitrogens with zero attached hydrogens (tertiary/aromatic N) is 5. The van der Waals surface area contributed by atoms with Crippen molar-refractivity contribution in [3.05, 3.63) is 30.2 Å². The molecule has 0 amide bonds. The van der Waals surface area contributed by atoms with Gasteiger partial charge in [-0.3, -0.25) is 4.40 Å². The lowest BCUT2D eigenvalue weighted by Crippen LogP contribution is -2.01. The van der Waals surface area contributed by atoms with Crippen LogP contribution in [0, 0.1) is 0 Å². The summed E-state index contributed by atoms with van der Waals surface area (Å²) in [5, 5.41) is 22.4. The molecule has 0 radical (unpaired) electrons. The molecule has 0 fully saturated rings. The molecule has 0 unspecified atom stereocenters. The summed E-state index contributed by atoms with van der Waals surface area (Å²) in [4.78, 5) is 14.9. The summed E-state index contributed by atoms with van der Waals surface area (Å²) in [7, 11) is 0. The Bertz CT molecular complexity index is 687. The van der Waals surface area contributed by atoms with Gasteiger partial charge in [-0.1, -0.05) is 0 Å². The zero-order valence-corrected chi connectivity index (χ0v) is 8.40. The Morgan fingerprint density at radius 2 is 2.35 bits per heavy atom. The number of rotatable bonds is 2. The van der Waals surface area contributed by atoms with E-state index in [4.69, 9.17) is 5.11 Å². The van der Waals surface area contributed by atoms with E-state index in [1.165, 1.54) is 10.6 Å². The summed E-state index contributed by atoms with van der Waals surface area (Å²) in [5.74, 6) is -0.586. The summed E-state index contributed by atoms with van der Waals surface area (Å²) in [6.07, 6.45) is 2.91. The molecule has 0 aliphatic carbocycles. The van der Waals surface area contributed by atoms with E-state index >= 15 is 0 Å². The highest BCUT2D eigenvalue weighted by atomic mass is 16.4. The van der Waals surface area contributed by atoms with Crippen molar-refractivity contribution in [2.24, 2.45) is 0 Å². The van der Waals surface area contributed by atoms with E-state index in [1.54, 1.807) is 18.3 Å². The maximum absolute atomic E-state index is 10.9. The van der Waals surface area contributed by atoms with Gasteiger partial charge in [-0.2, -0.15) is 5.21 Å². The predicted molar refractivity (Wildman–Crippen MR) is 55.3 cm³/mol. The number of aromatic carboxylic acids is 1. The average Bonchev–Trinajstić information content (AvgIpc) is 2.97. The van der Waals surface area contributed by atoms with Crippen LogP contribution in [0.25, 0.3) is 17.0 Å². The molecule has 0 aliphatic rings. The minimum absolute atomic E-state index is 0.111. The van der Waals surface area contributed by atoms with E-state index in [0.717, 1.165) is 0 Å². The Balaban J connectivity index is 2.18. The number of imidazole rings is 1. The molecule has 84 valence electrons. The van der Waals surface area contributed by atoms with Gasteiger partial charge >= 0.3 is 5.97 Å². The number of carboxylic acids is 1. The molecule has 8 nitrogen and oxygen atoms in total. The SMILES string of the molecule is O=C(O)c1cnc2cc(-c3nn[nH]n3)ccn12. The van der Waals surface area contributed by atoms with Crippen LogP contribution in [0.3, 0.4) is 0 Å². The Morgan fingerprint density at radius 3 is 3.06 bits per heavy atom. The maximum Gasteiger partial charge on any atom is 0.354 e. The highest BCUT2D eigenvalue weighted by Crippen LogP contribution is 2.16. The standard InChI is InChI=1S/C9H6N6O2/c16-9(17)6-4-10-7-3-5(1-2-15(6)7)8-11-13-14-12-8/h1-4H,(H,16,17)(H,11,12,13,14). The Hall–Kier alpha value is -2.77. The molecule has 0 saturated carbocycles. The molecule has 3 aromatic heterocycles. The number of carboxylic acid groups (broad SMARTS) is 1. The van der Waals surface area contributed by atoms with Crippen LogP contribution in [-0.4, -0.2) is 41.1 Å². The molecular weight excluding hydrogens is 224 g/mol. The molecule has 3 rings (SSSR count). The lowest BCUT2D eigenvalue weighted by atomic mass is 10.2. The number of hydrogen-bond donors (Lipinski definition) is 2. The number of nitrogens with one attached hydrogen (secondary N) is 1. The van der Waals surface area contributed by atoms with Crippen molar-refractivity contribution in [3.8, 4) is 11.4 Å². The van der Waals surface area contributed by atoms with Crippen LogP contribution in [-0.2, 0) is 0 Å². The Morgan fingerprint density at radius 1 is 1.47 bits per heavy atom. The van der Waals surface area contributed by atoms with E-state index in [-0.39, 0.29) is 5.69 Å². The van der Waals surface area contributed by atoms with Crippen molar-refractivity contribution in [2.45, 2.75) is 0 Å². The number of aromatic amines is 1. The van der Waals surface area contributed by atoms with Gasteiger partial charge < -0.3 is 5.11 Å². The lowest BCUT2D eigenvalue weighted by Gasteiger charge is -1.98. The number of H-pyrrole nitrogens is 1. The molecule has 0 aromatic carbocycles. The molecular formula is C9H6N6O2. The fourth-order valence-corrected chi connectivity index (χ4v) is 1.56.